The van der Waals surface area contributed by atoms with Crippen molar-refractivity contribution < 1.29 is 4.74 Å². The third-order valence-electron chi connectivity index (χ3n) is 7.29. The number of piperidine rings is 1. The van der Waals surface area contributed by atoms with Crippen molar-refractivity contribution in [1.29, 1.82) is 0 Å². The van der Waals surface area contributed by atoms with Crippen molar-refractivity contribution in [2.75, 3.05) is 62.7 Å². The molecule has 34 heavy (non-hydrogen) atoms. The van der Waals surface area contributed by atoms with Crippen LogP contribution in [0.5, 0.6) is 5.75 Å². The summed E-state index contributed by atoms with van der Waals surface area (Å²) in [5, 5.41) is 9.23. The molecule has 182 valence electrons. The predicted octanol–water partition coefficient (Wildman–Crippen LogP) is 3.92. The molecule has 0 amide bonds. The lowest BCUT2D eigenvalue weighted by molar-refractivity contribution is 0.159. The topological polar surface area (TPSA) is 73.4 Å². The van der Waals surface area contributed by atoms with E-state index in [1.165, 1.54) is 18.4 Å². The molecule has 2 aliphatic rings. The number of rotatable bonds is 6. The summed E-state index contributed by atoms with van der Waals surface area (Å²) in [4.78, 5) is 16.1. The smallest absolute Gasteiger partial charge is 0.186 e. The summed E-state index contributed by atoms with van der Waals surface area (Å²) >= 11 is 6.54. The lowest BCUT2D eigenvalue weighted by Crippen LogP contribution is -2.47. The molecule has 8 nitrogen and oxygen atoms in total. The summed E-state index contributed by atoms with van der Waals surface area (Å²) in [5.41, 5.74) is 4.15. The number of H-pyrrole nitrogens is 1. The van der Waals surface area contributed by atoms with Crippen molar-refractivity contribution in [3.05, 3.63) is 34.7 Å². The normalized spacial score (nSPS) is 18.1. The zero-order chi connectivity index (χ0) is 23.7. The highest BCUT2D eigenvalue weighted by atomic mass is 35.5. The van der Waals surface area contributed by atoms with Crippen LogP contribution in [0.2, 0.25) is 5.02 Å². The van der Waals surface area contributed by atoms with Gasteiger partial charge in [-0.1, -0.05) is 18.5 Å². The molecule has 0 spiro atoms. The number of fused-ring (bicyclic) bond motifs is 1. The molecule has 9 heteroatoms. The average Bonchev–Trinajstić information content (AvgIpc) is 3.29. The highest BCUT2D eigenvalue weighted by molar-refractivity contribution is 6.31. The number of halogens is 1. The maximum Gasteiger partial charge on any atom is 0.186 e. The first kappa shape index (κ1) is 23.2. The number of aryl methyl sites for hydroxylation is 1. The van der Waals surface area contributed by atoms with Gasteiger partial charge in [0.25, 0.3) is 0 Å². The van der Waals surface area contributed by atoms with Gasteiger partial charge in [0.15, 0.2) is 5.65 Å². The summed E-state index contributed by atoms with van der Waals surface area (Å²) in [6, 6.07) is 4.04. The number of hydrogen-bond donors (Lipinski definition) is 1. The van der Waals surface area contributed by atoms with Gasteiger partial charge in [-0.3, -0.25) is 5.10 Å². The Hall–Kier alpha value is -2.58. The number of nitrogens with one attached hydrogen (secondary N) is 1. The highest BCUT2D eigenvalue weighted by Crippen LogP contribution is 2.35. The van der Waals surface area contributed by atoms with E-state index in [4.69, 9.17) is 16.3 Å². The van der Waals surface area contributed by atoms with E-state index < -0.39 is 0 Å². The minimum absolute atomic E-state index is 0.613. The van der Waals surface area contributed by atoms with Gasteiger partial charge in [0.2, 0.25) is 0 Å². The Morgan fingerprint density at radius 2 is 1.79 bits per heavy atom. The molecule has 2 aromatic heterocycles. The Morgan fingerprint density at radius 3 is 2.53 bits per heavy atom. The molecule has 1 aromatic carbocycles. The molecule has 0 unspecified atom stereocenters. The van der Waals surface area contributed by atoms with Crippen molar-refractivity contribution in [3.8, 4) is 5.75 Å². The van der Waals surface area contributed by atoms with Crippen molar-refractivity contribution in [2.45, 2.75) is 33.1 Å². The summed E-state index contributed by atoms with van der Waals surface area (Å²) in [6.07, 6.45) is 4.87. The van der Waals surface area contributed by atoms with Crippen LogP contribution in [0.15, 0.2) is 18.5 Å². The molecule has 2 saturated heterocycles. The SMILES string of the molecule is CCc1[nH]nc2ncnc(N3CCN(c4cc(Cl)cc(OCC5CCN(C)CC5)c4C)CC3)c12. The average molecular weight is 484 g/mol. The van der Waals surface area contributed by atoms with E-state index in [1.807, 2.05) is 6.07 Å². The Balaban J connectivity index is 1.28. The van der Waals surface area contributed by atoms with Gasteiger partial charge in [0.05, 0.1) is 12.0 Å². The summed E-state index contributed by atoms with van der Waals surface area (Å²) in [6.45, 7) is 10.9. The fraction of sp³-hybridized carbons (Fsp3) is 0.560. The fourth-order valence-electron chi connectivity index (χ4n) is 5.11. The summed E-state index contributed by atoms with van der Waals surface area (Å²) in [7, 11) is 2.19. The lowest BCUT2D eigenvalue weighted by Gasteiger charge is -2.38. The number of aromatic nitrogens is 4. The Labute approximate surface area is 206 Å². The predicted molar refractivity (Wildman–Crippen MR) is 137 cm³/mol. The van der Waals surface area contributed by atoms with Crippen LogP contribution in [0.25, 0.3) is 11.0 Å². The number of likely N-dealkylation sites (tertiary alicyclic amines) is 1. The van der Waals surface area contributed by atoms with Crippen LogP contribution in [0.1, 0.15) is 31.0 Å². The molecule has 0 radical (unpaired) electrons. The zero-order valence-electron chi connectivity index (χ0n) is 20.3. The van der Waals surface area contributed by atoms with Crippen molar-refractivity contribution >= 4 is 34.1 Å². The van der Waals surface area contributed by atoms with Gasteiger partial charge in [-0.15, -0.1) is 0 Å². The third-order valence-corrected chi connectivity index (χ3v) is 7.51. The molecule has 4 heterocycles. The molecule has 5 rings (SSSR count). The van der Waals surface area contributed by atoms with Gasteiger partial charge >= 0.3 is 0 Å². The van der Waals surface area contributed by atoms with Gasteiger partial charge in [-0.05, 0) is 64.4 Å². The fourth-order valence-corrected chi connectivity index (χ4v) is 5.31. The van der Waals surface area contributed by atoms with Gasteiger partial charge < -0.3 is 19.4 Å². The third kappa shape index (κ3) is 4.66. The molecule has 0 aliphatic carbocycles. The van der Waals surface area contributed by atoms with Crippen LogP contribution >= 0.6 is 11.6 Å². The number of aromatic amines is 1. The zero-order valence-corrected chi connectivity index (χ0v) is 21.1. The standard InChI is InChI=1S/C25H34ClN7O/c1-4-20-23-24(30-29-20)27-16-28-25(23)33-11-9-32(10-12-33)21-13-19(26)14-22(17(21)2)34-15-18-5-7-31(3)8-6-18/h13-14,16,18H,4-12,15H2,1-3H3,(H,27,28,29,30). The van der Waals surface area contributed by atoms with Crippen LogP contribution in [0.3, 0.4) is 0 Å². The van der Waals surface area contributed by atoms with E-state index in [0.717, 1.165) is 91.3 Å². The Morgan fingerprint density at radius 1 is 1.06 bits per heavy atom. The summed E-state index contributed by atoms with van der Waals surface area (Å²) in [5.74, 6) is 2.50. The van der Waals surface area contributed by atoms with Crippen LogP contribution in [-0.2, 0) is 6.42 Å². The molecule has 0 saturated carbocycles. The highest BCUT2D eigenvalue weighted by Gasteiger charge is 2.24. The van der Waals surface area contributed by atoms with E-state index in [0.29, 0.717) is 5.92 Å². The van der Waals surface area contributed by atoms with E-state index in [2.05, 4.69) is 61.8 Å². The van der Waals surface area contributed by atoms with E-state index >= 15 is 0 Å². The molecule has 1 N–H and O–H groups in total. The first-order chi connectivity index (χ1) is 16.5. The van der Waals surface area contributed by atoms with Crippen molar-refractivity contribution in [3.63, 3.8) is 0 Å². The van der Waals surface area contributed by atoms with E-state index in [-0.39, 0.29) is 0 Å². The number of anilines is 2. The van der Waals surface area contributed by atoms with Gasteiger partial charge in [-0.25, -0.2) is 9.97 Å². The number of benzene rings is 1. The lowest BCUT2D eigenvalue weighted by atomic mass is 9.98. The van der Waals surface area contributed by atoms with Crippen LogP contribution in [0.4, 0.5) is 11.5 Å². The first-order valence-corrected chi connectivity index (χ1v) is 12.7. The molecule has 3 aromatic rings. The first-order valence-electron chi connectivity index (χ1n) is 12.3. The number of piperazine rings is 1. The van der Waals surface area contributed by atoms with E-state index in [1.54, 1.807) is 6.33 Å². The number of ether oxygens (including phenoxy) is 1. The monoisotopic (exact) mass is 483 g/mol. The summed E-state index contributed by atoms with van der Waals surface area (Å²) < 4.78 is 6.31. The molecular weight excluding hydrogens is 450 g/mol. The molecule has 2 aliphatic heterocycles. The largest absolute Gasteiger partial charge is 0.493 e. The maximum atomic E-state index is 6.54. The minimum Gasteiger partial charge on any atom is -0.493 e. The Bertz CT molecular complexity index is 1130. The number of hydrogen-bond acceptors (Lipinski definition) is 7. The second kappa shape index (κ2) is 9.96. The van der Waals surface area contributed by atoms with E-state index in [9.17, 15) is 0 Å². The molecule has 2 fully saturated rings. The quantitative estimate of drug-likeness (QED) is 0.569. The second-order valence-electron chi connectivity index (χ2n) is 9.53. The van der Waals surface area contributed by atoms with Gasteiger partial charge in [0, 0.05) is 48.1 Å². The van der Waals surface area contributed by atoms with Crippen molar-refractivity contribution in [1.82, 2.24) is 25.1 Å². The minimum atomic E-state index is 0.613. The maximum absolute atomic E-state index is 6.54. The van der Waals surface area contributed by atoms with Crippen LogP contribution < -0.4 is 14.5 Å². The molecule has 0 bridgehead atoms. The molecule has 0 atom stereocenters. The second-order valence-corrected chi connectivity index (χ2v) is 9.97. The number of nitrogens with zero attached hydrogens (tertiary/aromatic N) is 6. The van der Waals surface area contributed by atoms with Crippen LogP contribution in [-0.4, -0.2) is 78.0 Å². The Kier molecular flexibility index (Phi) is 6.79. The van der Waals surface area contributed by atoms with Gasteiger partial charge in [-0.2, -0.15) is 5.10 Å². The molecular formula is C25H34ClN7O. The van der Waals surface area contributed by atoms with Crippen LogP contribution in [0, 0.1) is 12.8 Å². The van der Waals surface area contributed by atoms with Crippen molar-refractivity contribution in [2.24, 2.45) is 5.92 Å². The van der Waals surface area contributed by atoms with Gasteiger partial charge in [0.1, 0.15) is 17.9 Å².